The normalized spacial score (nSPS) is 13.6. The van der Waals surface area contributed by atoms with Crippen molar-refractivity contribution in [2.75, 3.05) is 6.61 Å². The predicted octanol–water partition coefficient (Wildman–Crippen LogP) is -0.271. The highest BCUT2D eigenvalue weighted by Crippen LogP contribution is 1.83. The van der Waals surface area contributed by atoms with Gasteiger partial charge in [-0.1, -0.05) is 12.2 Å². The van der Waals surface area contributed by atoms with E-state index in [-0.39, 0.29) is 6.61 Å². The van der Waals surface area contributed by atoms with E-state index in [4.69, 9.17) is 10.2 Å². The van der Waals surface area contributed by atoms with Crippen LogP contribution in [-0.2, 0) is 0 Å². The maximum absolute atomic E-state index is 8.54. The van der Waals surface area contributed by atoms with Crippen LogP contribution in [0.4, 0.5) is 0 Å². The Kier molecular flexibility index (Phi) is 3.07. The van der Waals surface area contributed by atoms with Crippen LogP contribution in [0.5, 0.6) is 0 Å². The van der Waals surface area contributed by atoms with E-state index in [1.807, 2.05) is 0 Å². The maximum Gasteiger partial charge on any atom is 0.108 e. The molecule has 0 aromatic carbocycles. The van der Waals surface area contributed by atoms with Crippen LogP contribution in [-0.4, -0.2) is 27.8 Å². The molecule has 42 valence electrons. The highest BCUT2D eigenvalue weighted by molar-refractivity contribution is 7.80. The summed E-state index contributed by atoms with van der Waals surface area (Å²) in [6.45, 7) is 1.32. The van der Waals surface area contributed by atoms with Crippen molar-refractivity contribution in [3.63, 3.8) is 0 Å². The number of rotatable bonds is 2. The minimum absolute atomic E-state index is 0.269. The third-order valence-electron chi connectivity index (χ3n) is 0.642. The topological polar surface area (TPSA) is 40.5 Å². The molecule has 0 fully saturated rings. The van der Waals surface area contributed by atoms with Gasteiger partial charge in [-0.3, -0.25) is 0 Å². The Balaban J connectivity index is 3.34. The molecule has 0 aromatic heterocycles. The van der Waals surface area contributed by atoms with E-state index in [0.29, 0.717) is 4.86 Å². The fourth-order valence-corrected chi connectivity index (χ4v) is 0.203. The van der Waals surface area contributed by atoms with Crippen LogP contribution in [0.3, 0.4) is 0 Å². The molecule has 0 amide bonds. The van der Waals surface area contributed by atoms with Gasteiger partial charge in [0.2, 0.25) is 0 Å². The molecule has 0 saturated heterocycles. The first-order valence-corrected chi connectivity index (χ1v) is 2.38. The van der Waals surface area contributed by atoms with E-state index in [1.165, 1.54) is 0 Å². The summed E-state index contributed by atoms with van der Waals surface area (Å²) in [5.74, 6) is 0. The first kappa shape index (κ1) is 7.01. The Morgan fingerprint density at radius 1 is 1.86 bits per heavy atom. The third kappa shape index (κ3) is 2.68. The molecule has 0 heterocycles. The SMILES string of the molecule is CC(=S)[C@@H](O)CO. The summed E-state index contributed by atoms with van der Waals surface area (Å²) in [7, 11) is 0. The van der Waals surface area contributed by atoms with Crippen LogP contribution >= 0.6 is 12.2 Å². The lowest BCUT2D eigenvalue weighted by atomic mass is 10.3. The van der Waals surface area contributed by atoms with Crippen LogP contribution in [0.1, 0.15) is 6.92 Å². The smallest absolute Gasteiger partial charge is 0.108 e. The van der Waals surface area contributed by atoms with Crippen LogP contribution in [0.25, 0.3) is 0 Å². The van der Waals surface area contributed by atoms with Gasteiger partial charge in [-0.25, -0.2) is 0 Å². The van der Waals surface area contributed by atoms with E-state index in [0.717, 1.165) is 0 Å². The van der Waals surface area contributed by atoms with Gasteiger partial charge in [0.25, 0.3) is 0 Å². The molecule has 0 radical (unpaired) electrons. The summed E-state index contributed by atoms with van der Waals surface area (Å²) >= 11 is 4.51. The fraction of sp³-hybridized carbons (Fsp3) is 0.750. The van der Waals surface area contributed by atoms with Crippen molar-refractivity contribution < 1.29 is 10.2 Å². The van der Waals surface area contributed by atoms with Gasteiger partial charge in [0, 0.05) is 4.86 Å². The summed E-state index contributed by atoms with van der Waals surface area (Å²) in [6, 6.07) is 0. The molecule has 0 aliphatic heterocycles. The Bertz CT molecular complexity index is 72.1. The molecule has 3 heteroatoms. The molecule has 1 atom stereocenters. The molecule has 2 nitrogen and oxygen atoms in total. The highest BCUT2D eigenvalue weighted by Gasteiger charge is 2.00. The molecule has 0 aliphatic carbocycles. The van der Waals surface area contributed by atoms with Gasteiger partial charge in [-0.2, -0.15) is 0 Å². The first-order chi connectivity index (χ1) is 3.18. The zero-order valence-corrected chi connectivity index (χ0v) is 4.90. The summed E-state index contributed by atoms with van der Waals surface area (Å²) in [5.41, 5.74) is 0. The Morgan fingerprint density at radius 2 is 2.29 bits per heavy atom. The van der Waals surface area contributed by atoms with Crippen LogP contribution in [0.2, 0.25) is 0 Å². The van der Waals surface area contributed by atoms with Gasteiger partial charge in [0.05, 0.1) is 6.61 Å². The third-order valence-corrected chi connectivity index (χ3v) is 0.914. The van der Waals surface area contributed by atoms with Gasteiger partial charge in [0.1, 0.15) is 6.10 Å². The lowest BCUT2D eigenvalue weighted by Crippen LogP contribution is -2.19. The zero-order valence-electron chi connectivity index (χ0n) is 4.09. The number of hydrogen-bond acceptors (Lipinski definition) is 3. The second kappa shape index (κ2) is 3.07. The standard InChI is InChI=1S/C4H8O2S/c1-3(7)4(6)2-5/h4-6H,2H2,1H3/t4-/m0/s1. The lowest BCUT2D eigenvalue weighted by Gasteiger charge is -2.00. The molecular formula is C4H8O2S. The van der Waals surface area contributed by atoms with E-state index < -0.39 is 6.10 Å². The van der Waals surface area contributed by atoms with Crippen molar-refractivity contribution in [2.24, 2.45) is 0 Å². The second-order valence-electron chi connectivity index (χ2n) is 1.31. The average Bonchev–Trinajstić information content (AvgIpc) is 1.65. The Labute approximate surface area is 47.8 Å². The second-order valence-corrected chi connectivity index (χ2v) is 1.95. The highest BCUT2D eigenvalue weighted by atomic mass is 32.1. The Morgan fingerprint density at radius 3 is 2.29 bits per heavy atom. The van der Waals surface area contributed by atoms with Crippen molar-refractivity contribution in [2.45, 2.75) is 13.0 Å². The van der Waals surface area contributed by atoms with Gasteiger partial charge >= 0.3 is 0 Å². The number of hydrogen-bond donors (Lipinski definition) is 2. The minimum Gasteiger partial charge on any atom is -0.393 e. The maximum atomic E-state index is 8.54. The molecule has 0 aliphatic rings. The van der Waals surface area contributed by atoms with Crippen molar-refractivity contribution in [1.29, 1.82) is 0 Å². The molecule has 0 aromatic rings. The summed E-state index contributed by atoms with van der Waals surface area (Å²) in [4.78, 5) is 0.433. The summed E-state index contributed by atoms with van der Waals surface area (Å²) in [5, 5.41) is 16.7. The largest absolute Gasteiger partial charge is 0.393 e. The molecule has 0 unspecified atom stereocenters. The molecule has 2 N–H and O–H groups in total. The van der Waals surface area contributed by atoms with Crippen LogP contribution < -0.4 is 0 Å². The van der Waals surface area contributed by atoms with E-state index in [2.05, 4.69) is 12.2 Å². The monoisotopic (exact) mass is 120 g/mol. The number of thiocarbonyl (C=S) groups is 1. The van der Waals surface area contributed by atoms with Crippen LogP contribution in [0.15, 0.2) is 0 Å². The Hall–Kier alpha value is 0.0100. The molecule has 0 spiro atoms. The quantitative estimate of drug-likeness (QED) is 0.493. The van der Waals surface area contributed by atoms with Gasteiger partial charge in [-0.05, 0) is 6.92 Å². The minimum atomic E-state index is -0.810. The molecule has 0 saturated carbocycles. The summed E-state index contributed by atoms with van der Waals surface area (Å²) < 4.78 is 0. The molecule has 7 heavy (non-hydrogen) atoms. The zero-order chi connectivity index (χ0) is 5.86. The number of aliphatic hydroxyl groups is 2. The fourth-order valence-electron chi connectivity index (χ4n) is 0.129. The summed E-state index contributed by atoms with van der Waals surface area (Å²) in [6.07, 6.45) is -0.810. The van der Waals surface area contributed by atoms with Crippen molar-refractivity contribution in [3.05, 3.63) is 0 Å². The molecule has 0 rings (SSSR count). The molecule has 0 bridgehead atoms. The van der Waals surface area contributed by atoms with Crippen molar-refractivity contribution in [3.8, 4) is 0 Å². The van der Waals surface area contributed by atoms with E-state index in [1.54, 1.807) is 6.92 Å². The van der Waals surface area contributed by atoms with Gasteiger partial charge in [-0.15, -0.1) is 0 Å². The van der Waals surface area contributed by atoms with Gasteiger partial charge in [0.15, 0.2) is 0 Å². The van der Waals surface area contributed by atoms with Gasteiger partial charge < -0.3 is 10.2 Å². The van der Waals surface area contributed by atoms with Crippen LogP contribution in [0, 0.1) is 0 Å². The van der Waals surface area contributed by atoms with Crippen molar-refractivity contribution in [1.82, 2.24) is 0 Å². The number of aliphatic hydroxyl groups excluding tert-OH is 2. The lowest BCUT2D eigenvalue weighted by molar-refractivity contribution is 0.146. The molecular weight excluding hydrogens is 112 g/mol. The van der Waals surface area contributed by atoms with E-state index in [9.17, 15) is 0 Å². The van der Waals surface area contributed by atoms with E-state index >= 15 is 0 Å². The average molecular weight is 120 g/mol. The first-order valence-electron chi connectivity index (χ1n) is 1.98. The predicted molar refractivity (Wildman–Crippen MR) is 31.4 cm³/mol. The van der Waals surface area contributed by atoms with Crippen molar-refractivity contribution >= 4 is 17.1 Å².